The van der Waals surface area contributed by atoms with Crippen LogP contribution < -0.4 is 14.3 Å². The smallest absolute Gasteiger partial charge is 0.325 e. The van der Waals surface area contributed by atoms with Crippen LogP contribution in [-0.2, 0) is 10.2 Å². The molecule has 2 aliphatic rings. The molecular formula is C17H25N7O2S2. The first kappa shape index (κ1) is 19.3. The van der Waals surface area contributed by atoms with E-state index in [2.05, 4.69) is 29.3 Å². The maximum absolute atomic E-state index is 12.5. The van der Waals surface area contributed by atoms with Crippen LogP contribution in [0.1, 0.15) is 63.1 Å². The maximum Gasteiger partial charge on any atom is 0.325 e. The summed E-state index contributed by atoms with van der Waals surface area (Å²) < 4.78 is 29.8. The molecule has 152 valence electrons. The van der Waals surface area contributed by atoms with E-state index in [4.69, 9.17) is 4.98 Å². The Morgan fingerprint density at radius 2 is 1.71 bits per heavy atom. The number of aromatic nitrogens is 4. The van der Waals surface area contributed by atoms with Crippen molar-refractivity contribution in [2.45, 2.75) is 57.3 Å². The number of hydrogen-bond donors (Lipinski definition) is 2. The SMILES string of the molecule is O=S(=O)(Nc1nc(C2CCCCC2)nc(N2CCCCC2)n1)Nc1nccs1. The van der Waals surface area contributed by atoms with Gasteiger partial charge in [-0.05, 0) is 32.1 Å². The molecule has 2 aromatic heterocycles. The predicted molar refractivity (Wildman–Crippen MR) is 110 cm³/mol. The molecule has 2 aromatic rings. The van der Waals surface area contributed by atoms with Crippen molar-refractivity contribution in [2.24, 2.45) is 0 Å². The second-order valence-corrected chi connectivity index (χ2v) is 9.55. The van der Waals surface area contributed by atoms with Gasteiger partial charge in [-0.2, -0.15) is 23.4 Å². The van der Waals surface area contributed by atoms with Crippen molar-refractivity contribution >= 4 is 38.6 Å². The van der Waals surface area contributed by atoms with Crippen molar-refractivity contribution in [3.8, 4) is 0 Å². The molecule has 2 fully saturated rings. The van der Waals surface area contributed by atoms with Gasteiger partial charge in [0.15, 0.2) is 5.13 Å². The molecule has 0 bridgehead atoms. The number of thiazole rings is 1. The van der Waals surface area contributed by atoms with E-state index in [1.54, 1.807) is 11.6 Å². The minimum absolute atomic E-state index is 0.0696. The van der Waals surface area contributed by atoms with Crippen molar-refractivity contribution in [1.82, 2.24) is 19.9 Å². The molecule has 1 saturated heterocycles. The molecule has 0 spiro atoms. The summed E-state index contributed by atoms with van der Waals surface area (Å²) in [6.45, 7) is 1.77. The molecule has 2 N–H and O–H groups in total. The lowest BCUT2D eigenvalue weighted by Crippen LogP contribution is -2.32. The largest absolute Gasteiger partial charge is 0.341 e. The number of nitrogens with one attached hydrogen (secondary N) is 2. The van der Waals surface area contributed by atoms with Gasteiger partial charge in [0.1, 0.15) is 5.82 Å². The fourth-order valence-corrected chi connectivity index (χ4v) is 5.30. The number of nitrogens with zero attached hydrogens (tertiary/aromatic N) is 5. The minimum Gasteiger partial charge on any atom is -0.341 e. The van der Waals surface area contributed by atoms with E-state index in [9.17, 15) is 8.42 Å². The van der Waals surface area contributed by atoms with Crippen molar-refractivity contribution in [1.29, 1.82) is 0 Å². The molecule has 28 heavy (non-hydrogen) atoms. The Morgan fingerprint density at radius 3 is 2.43 bits per heavy atom. The molecule has 1 aliphatic carbocycles. The highest BCUT2D eigenvalue weighted by molar-refractivity contribution is 7.94. The summed E-state index contributed by atoms with van der Waals surface area (Å²) in [7, 11) is -3.88. The van der Waals surface area contributed by atoms with Crippen LogP contribution in [0.5, 0.6) is 0 Å². The van der Waals surface area contributed by atoms with Gasteiger partial charge in [-0.25, -0.2) is 14.4 Å². The van der Waals surface area contributed by atoms with Crippen LogP contribution in [-0.4, -0.2) is 41.4 Å². The summed E-state index contributed by atoms with van der Waals surface area (Å²) in [5, 5.41) is 2.00. The second kappa shape index (κ2) is 8.56. The summed E-state index contributed by atoms with van der Waals surface area (Å²) >= 11 is 1.21. The van der Waals surface area contributed by atoms with Gasteiger partial charge in [-0.1, -0.05) is 19.3 Å². The third-order valence-corrected chi connectivity index (χ3v) is 6.86. The average molecular weight is 424 g/mol. The maximum atomic E-state index is 12.5. The van der Waals surface area contributed by atoms with E-state index in [-0.39, 0.29) is 11.9 Å². The summed E-state index contributed by atoms with van der Waals surface area (Å²) in [6, 6.07) is 0. The fourth-order valence-electron chi connectivity index (χ4n) is 3.74. The van der Waals surface area contributed by atoms with Gasteiger partial charge >= 0.3 is 10.2 Å². The Bertz CT molecular complexity index is 841. The predicted octanol–water partition coefficient (Wildman–Crippen LogP) is 3.13. The molecule has 0 amide bonds. The lowest BCUT2D eigenvalue weighted by atomic mass is 9.89. The van der Waals surface area contributed by atoms with E-state index in [1.165, 1.54) is 24.2 Å². The highest BCUT2D eigenvalue weighted by atomic mass is 32.2. The molecule has 1 saturated carbocycles. The summed E-state index contributed by atoms with van der Waals surface area (Å²) in [6.07, 6.45) is 10.5. The molecule has 9 nitrogen and oxygen atoms in total. The van der Waals surface area contributed by atoms with Crippen LogP contribution in [0.25, 0.3) is 0 Å². The van der Waals surface area contributed by atoms with Crippen molar-refractivity contribution in [3.63, 3.8) is 0 Å². The number of rotatable bonds is 6. The van der Waals surface area contributed by atoms with Crippen molar-refractivity contribution in [3.05, 3.63) is 17.4 Å². The van der Waals surface area contributed by atoms with Gasteiger partial charge in [0, 0.05) is 30.6 Å². The molecule has 0 atom stereocenters. The summed E-state index contributed by atoms with van der Waals surface area (Å²) in [5.41, 5.74) is 0. The third-order valence-electron chi connectivity index (χ3n) is 5.13. The molecule has 3 heterocycles. The standard InChI is InChI=1S/C17H25N7O2S2/c25-28(26,23-17-18-9-12-27-17)22-15-19-14(13-7-3-1-4-8-13)20-16(21-15)24-10-5-2-6-11-24/h9,12-13H,1-8,10-11H2,(H,18,23)(H,19,20,21,22). The van der Waals surface area contributed by atoms with E-state index >= 15 is 0 Å². The van der Waals surface area contributed by atoms with Crippen LogP contribution >= 0.6 is 11.3 Å². The van der Waals surface area contributed by atoms with Gasteiger partial charge in [-0.15, -0.1) is 11.3 Å². The third kappa shape index (κ3) is 4.88. The Kier molecular flexibility index (Phi) is 5.90. The van der Waals surface area contributed by atoms with E-state index in [1.807, 2.05) is 0 Å². The highest BCUT2D eigenvalue weighted by Crippen LogP contribution is 2.32. The number of piperidine rings is 1. The quantitative estimate of drug-likeness (QED) is 0.734. The van der Waals surface area contributed by atoms with Crippen LogP contribution in [0.15, 0.2) is 11.6 Å². The normalized spacial score (nSPS) is 18.8. The van der Waals surface area contributed by atoms with Crippen molar-refractivity contribution < 1.29 is 8.42 Å². The Hall–Kier alpha value is -2.01. The average Bonchev–Trinajstić information content (AvgIpc) is 3.21. The van der Waals surface area contributed by atoms with E-state index < -0.39 is 10.2 Å². The topological polar surface area (TPSA) is 113 Å². The molecule has 0 aromatic carbocycles. The molecular weight excluding hydrogens is 398 g/mol. The Labute approximate surface area is 169 Å². The van der Waals surface area contributed by atoms with Crippen LogP contribution in [0.2, 0.25) is 0 Å². The van der Waals surface area contributed by atoms with Crippen LogP contribution in [0, 0.1) is 0 Å². The lowest BCUT2D eigenvalue weighted by Gasteiger charge is -2.28. The van der Waals surface area contributed by atoms with Gasteiger partial charge in [-0.3, -0.25) is 0 Å². The zero-order valence-corrected chi connectivity index (χ0v) is 17.3. The first-order chi connectivity index (χ1) is 13.6. The molecule has 0 radical (unpaired) electrons. The van der Waals surface area contributed by atoms with Gasteiger partial charge in [0.2, 0.25) is 11.9 Å². The van der Waals surface area contributed by atoms with Gasteiger partial charge < -0.3 is 4.90 Å². The molecule has 4 rings (SSSR count). The van der Waals surface area contributed by atoms with E-state index in [0.29, 0.717) is 16.9 Å². The minimum atomic E-state index is -3.88. The zero-order chi connectivity index (χ0) is 19.4. The zero-order valence-electron chi connectivity index (χ0n) is 15.7. The van der Waals surface area contributed by atoms with Crippen LogP contribution in [0.3, 0.4) is 0 Å². The number of hydrogen-bond acceptors (Lipinski definition) is 8. The first-order valence-corrected chi connectivity index (χ1v) is 12.2. The van der Waals surface area contributed by atoms with Crippen LogP contribution in [0.4, 0.5) is 17.0 Å². The highest BCUT2D eigenvalue weighted by Gasteiger charge is 2.24. The van der Waals surface area contributed by atoms with Crippen molar-refractivity contribution in [2.75, 3.05) is 27.4 Å². The summed E-state index contributed by atoms with van der Waals surface area (Å²) in [4.78, 5) is 19.7. The second-order valence-electron chi connectivity index (χ2n) is 7.24. The molecule has 1 aliphatic heterocycles. The molecule has 11 heteroatoms. The molecule has 0 unspecified atom stereocenters. The van der Waals surface area contributed by atoms with Gasteiger partial charge in [0.25, 0.3) is 0 Å². The fraction of sp³-hybridized carbons (Fsp3) is 0.647. The summed E-state index contributed by atoms with van der Waals surface area (Å²) in [5.74, 6) is 1.60. The Morgan fingerprint density at radius 1 is 0.964 bits per heavy atom. The first-order valence-electron chi connectivity index (χ1n) is 9.80. The lowest BCUT2D eigenvalue weighted by molar-refractivity contribution is 0.427. The Balaban J connectivity index is 1.60. The monoisotopic (exact) mass is 423 g/mol. The van der Waals surface area contributed by atoms with Gasteiger partial charge in [0.05, 0.1) is 0 Å². The number of anilines is 3. The van der Waals surface area contributed by atoms with E-state index in [0.717, 1.165) is 51.6 Å².